The fourth-order valence-corrected chi connectivity index (χ4v) is 0.858. The summed E-state index contributed by atoms with van der Waals surface area (Å²) >= 11 is 1.60. The maximum absolute atomic E-state index is 10.1. The van der Waals surface area contributed by atoms with Gasteiger partial charge in [-0.15, -0.1) is 0 Å². The molecule has 4 N–H and O–H groups in total. The number of nitrogens with two attached hydrogens (primary N) is 1. The van der Waals surface area contributed by atoms with Gasteiger partial charge in [-0.05, 0) is 24.6 Å². The molecule has 1 atom stereocenters. The first kappa shape index (κ1) is 33.3. The van der Waals surface area contributed by atoms with Crippen LogP contribution < -0.4 is 25.7 Å². The molecule has 20 heavy (non-hydrogen) atoms. The fraction of sp³-hybridized carbons (Fsp3) is 0.667. The summed E-state index contributed by atoms with van der Waals surface area (Å²) in [5, 5.41) is 24.9. The number of rotatable bonds is 4. The summed E-state index contributed by atoms with van der Waals surface area (Å²) in [6.45, 7) is 0. The van der Waals surface area contributed by atoms with Gasteiger partial charge in [-0.2, -0.15) is 11.8 Å². The average molecular weight is 385 g/mol. The van der Waals surface area contributed by atoms with Crippen LogP contribution in [0.1, 0.15) is 6.42 Å². The van der Waals surface area contributed by atoms with E-state index in [2.05, 4.69) is 0 Å². The molecule has 0 aromatic heterocycles. The molecular formula is C6H12Ca2NO9PS. The third kappa shape index (κ3) is 73.3. The summed E-state index contributed by atoms with van der Waals surface area (Å²) in [5.41, 5.74) is 5.19. The van der Waals surface area contributed by atoms with Gasteiger partial charge in [0.1, 0.15) is 6.04 Å². The first-order valence-corrected chi connectivity index (χ1v) is 6.90. The quantitative estimate of drug-likeness (QED) is 0.307. The summed E-state index contributed by atoms with van der Waals surface area (Å²) in [6.07, 6.45) is 0.144. The zero-order chi connectivity index (χ0) is 15.4. The van der Waals surface area contributed by atoms with E-state index < -0.39 is 26.0 Å². The molecular weight excluding hydrogens is 373 g/mol. The van der Waals surface area contributed by atoms with E-state index in [0.29, 0.717) is 6.42 Å². The molecule has 0 spiro atoms. The molecule has 0 rings (SSSR count). The minimum Gasteiger partial charge on any atom is -0.790 e. The van der Waals surface area contributed by atoms with E-state index in [4.69, 9.17) is 45.1 Å². The Bertz CT molecular complexity index is 277. The summed E-state index contributed by atoms with van der Waals surface area (Å²) in [5.74, 6) is -0.1000. The number of carboxylic acid groups (broad SMARTS) is 3. The summed E-state index contributed by atoms with van der Waals surface area (Å²) < 4.78 is 8.66. The van der Waals surface area contributed by atoms with Crippen molar-refractivity contribution in [3.63, 3.8) is 0 Å². The van der Waals surface area contributed by atoms with Crippen LogP contribution in [0.3, 0.4) is 0 Å². The first-order valence-electron chi connectivity index (χ1n) is 4.02. The Balaban J connectivity index is -0.0000000591. The van der Waals surface area contributed by atoms with Gasteiger partial charge in [0.25, 0.3) is 0 Å². The van der Waals surface area contributed by atoms with E-state index in [1.54, 1.807) is 11.8 Å². The molecule has 0 aliphatic rings. The molecule has 0 radical (unpaired) electrons. The van der Waals surface area contributed by atoms with Gasteiger partial charge in [0, 0.05) is 0 Å². The third-order valence-corrected chi connectivity index (χ3v) is 1.59. The van der Waals surface area contributed by atoms with Gasteiger partial charge < -0.3 is 45.1 Å². The minimum absolute atomic E-state index is 0. The Morgan fingerprint density at radius 3 is 1.70 bits per heavy atom. The van der Waals surface area contributed by atoms with Crippen LogP contribution in [0.5, 0.6) is 0 Å². The normalized spacial score (nSPS) is 10.1. The smallest absolute Gasteiger partial charge is 0.790 e. The Hall–Kier alpha value is 1.68. The number of carboxylic acids is 1. The summed E-state index contributed by atoms with van der Waals surface area (Å²) in [6, 6.07) is -0.683. The molecule has 14 heteroatoms. The number of hydrogen-bond acceptors (Lipinski definition) is 9. The monoisotopic (exact) mass is 385 g/mol. The van der Waals surface area contributed by atoms with Crippen molar-refractivity contribution in [2.75, 3.05) is 12.0 Å². The van der Waals surface area contributed by atoms with E-state index in [1.165, 1.54) is 0 Å². The summed E-state index contributed by atoms with van der Waals surface area (Å²) in [7, 11) is -5.14. The Morgan fingerprint density at radius 1 is 1.30 bits per heavy atom. The van der Waals surface area contributed by atoms with Crippen molar-refractivity contribution in [1.82, 2.24) is 0 Å². The second-order valence-electron chi connectivity index (χ2n) is 2.44. The SMILES string of the molecule is CSCCC(N)C(=O)O.O=C([O-])[O-].O=P([O-])([O-])O.[Ca+2].[Ca+2]. The number of carbonyl (C=O) groups excluding carboxylic acids is 1. The van der Waals surface area contributed by atoms with E-state index in [9.17, 15) is 4.79 Å². The van der Waals surface area contributed by atoms with Crippen LogP contribution in [0, 0.1) is 0 Å². The van der Waals surface area contributed by atoms with Crippen molar-refractivity contribution in [1.29, 1.82) is 0 Å². The maximum atomic E-state index is 10.1. The van der Waals surface area contributed by atoms with Gasteiger partial charge in [0.05, 0.1) is 7.82 Å². The third-order valence-electron chi connectivity index (χ3n) is 0.950. The molecule has 0 saturated carbocycles. The molecule has 0 aliphatic heterocycles. The molecule has 10 nitrogen and oxygen atoms in total. The second-order valence-corrected chi connectivity index (χ2v) is 4.37. The molecule has 0 amide bonds. The number of phosphoric acid groups is 1. The predicted octanol–water partition coefficient (Wildman–Crippen LogP) is -5.25. The van der Waals surface area contributed by atoms with Gasteiger partial charge in [0.2, 0.25) is 0 Å². The van der Waals surface area contributed by atoms with Crippen LogP contribution in [-0.2, 0) is 9.36 Å². The minimum atomic E-state index is -5.14. The zero-order valence-corrected chi connectivity index (χ0v) is 16.7. The van der Waals surface area contributed by atoms with Gasteiger partial charge in [0.15, 0.2) is 0 Å². The number of hydrogen-bond donors (Lipinski definition) is 3. The summed E-state index contributed by atoms with van der Waals surface area (Å²) in [4.78, 5) is 42.7. The van der Waals surface area contributed by atoms with Crippen LogP contribution in [0.25, 0.3) is 0 Å². The van der Waals surface area contributed by atoms with E-state index in [0.717, 1.165) is 5.75 Å². The topological polar surface area (TPSA) is 210 Å². The van der Waals surface area contributed by atoms with Crippen molar-refractivity contribution >= 4 is 107 Å². The van der Waals surface area contributed by atoms with Crippen molar-refractivity contribution in [3.05, 3.63) is 0 Å². The number of carbonyl (C=O) groups is 2. The van der Waals surface area contributed by atoms with Gasteiger partial charge >= 0.3 is 81.4 Å². The average Bonchev–Trinajstić information content (AvgIpc) is 2.10. The van der Waals surface area contributed by atoms with Crippen molar-refractivity contribution in [2.24, 2.45) is 5.73 Å². The van der Waals surface area contributed by atoms with Crippen molar-refractivity contribution in [2.45, 2.75) is 12.5 Å². The molecule has 0 aromatic rings. The maximum Gasteiger partial charge on any atom is 2.00 e. The van der Waals surface area contributed by atoms with E-state index in [-0.39, 0.29) is 75.5 Å². The zero-order valence-electron chi connectivity index (χ0n) is 10.6. The van der Waals surface area contributed by atoms with Gasteiger partial charge in [-0.25, -0.2) is 0 Å². The van der Waals surface area contributed by atoms with Crippen LogP contribution in [0.15, 0.2) is 0 Å². The van der Waals surface area contributed by atoms with Crippen LogP contribution in [0.2, 0.25) is 0 Å². The van der Waals surface area contributed by atoms with E-state index in [1.807, 2.05) is 6.26 Å². The molecule has 0 heterocycles. The molecule has 1 unspecified atom stereocenters. The fourth-order valence-electron chi connectivity index (χ4n) is 0.368. The van der Waals surface area contributed by atoms with Crippen LogP contribution in [0.4, 0.5) is 4.79 Å². The van der Waals surface area contributed by atoms with Crippen molar-refractivity contribution < 1.29 is 44.2 Å². The van der Waals surface area contributed by atoms with E-state index >= 15 is 0 Å². The molecule has 0 fully saturated rings. The molecule has 0 saturated heterocycles. The second kappa shape index (κ2) is 20.7. The number of aliphatic carboxylic acids is 1. The molecule has 0 bridgehead atoms. The first-order chi connectivity index (χ1) is 7.91. The molecule has 0 aliphatic carbocycles. The van der Waals surface area contributed by atoms with Gasteiger partial charge in [-0.1, -0.05) is 0 Å². The standard InChI is InChI=1S/C5H11NO2S.CH2O3.2Ca.H3O4P/c1-9-3-2-4(6)5(7)8;2-1(3)4;;;1-5(2,3)4/h4H,2-3,6H2,1H3,(H,7,8);(H2,2,3,4);;;(H3,1,2,3,4)/q;;2*+2;/p-4. The van der Waals surface area contributed by atoms with Crippen molar-refractivity contribution in [3.8, 4) is 0 Å². The van der Waals surface area contributed by atoms with Crippen LogP contribution in [-0.4, -0.2) is 116 Å². The Morgan fingerprint density at radius 2 is 1.55 bits per heavy atom. The van der Waals surface area contributed by atoms with Gasteiger partial charge in [-0.3, -0.25) is 4.79 Å². The largest absolute Gasteiger partial charge is 2.00 e. The molecule has 110 valence electrons. The Kier molecular flexibility index (Phi) is 34.5. The van der Waals surface area contributed by atoms with Crippen LogP contribution >= 0.6 is 19.6 Å². The Labute approximate surface area is 179 Å². The number of thioether (sulfide) groups is 1. The predicted molar refractivity (Wildman–Crippen MR) is 65.3 cm³/mol. The molecule has 0 aromatic carbocycles.